The van der Waals surface area contributed by atoms with E-state index in [9.17, 15) is 18.0 Å². The van der Waals surface area contributed by atoms with Crippen molar-refractivity contribution in [2.24, 2.45) is 5.73 Å². The first-order valence-electron chi connectivity index (χ1n) is 5.83. The summed E-state index contributed by atoms with van der Waals surface area (Å²) >= 11 is 0. The number of alkyl halides is 3. The molecule has 7 heteroatoms. The van der Waals surface area contributed by atoms with E-state index in [-0.39, 0.29) is 12.2 Å². The lowest BCUT2D eigenvalue weighted by Gasteiger charge is -2.15. The van der Waals surface area contributed by atoms with Crippen LogP contribution in [0.15, 0.2) is 18.2 Å². The Kier molecular flexibility index (Phi) is 5.17. The molecule has 0 radical (unpaired) electrons. The molecule has 1 rings (SSSR count). The van der Waals surface area contributed by atoms with Crippen LogP contribution in [-0.2, 0) is 11.0 Å². The van der Waals surface area contributed by atoms with Gasteiger partial charge in [-0.15, -0.1) is 0 Å². The fourth-order valence-electron chi connectivity index (χ4n) is 1.44. The Morgan fingerprint density at radius 3 is 2.53 bits per heavy atom. The molecule has 0 atom stereocenters. The second kappa shape index (κ2) is 6.42. The van der Waals surface area contributed by atoms with Crippen molar-refractivity contribution >= 4 is 17.3 Å². The molecule has 0 unspecified atom stereocenters. The third-order valence-corrected chi connectivity index (χ3v) is 2.37. The van der Waals surface area contributed by atoms with Gasteiger partial charge in [0.1, 0.15) is 0 Å². The number of nitrogens with one attached hydrogen (secondary N) is 2. The quantitative estimate of drug-likeness (QED) is 0.773. The molecule has 1 aromatic rings. The fourth-order valence-corrected chi connectivity index (χ4v) is 1.44. The largest absolute Gasteiger partial charge is 0.416 e. The van der Waals surface area contributed by atoms with Gasteiger partial charge < -0.3 is 16.4 Å². The molecular formula is C12H16F3N3O. The first kappa shape index (κ1) is 15.3. The number of carbonyl (C=O) groups is 1. The number of anilines is 2. The van der Waals surface area contributed by atoms with E-state index in [1.165, 1.54) is 6.07 Å². The maximum atomic E-state index is 12.6. The maximum Gasteiger partial charge on any atom is 0.416 e. The molecular weight excluding hydrogens is 259 g/mol. The fraction of sp³-hybridized carbons (Fsp3) is 0.417. The van der Waals surface area contributed by atoms with Crippen molar-refractivity contribution in [2.75, 3.05) is 23.7 Å². The van der Waals surface area contributed by atoms with Crippen LogP contribution in [0.1, 0.15) is 18.9 Å². The highest BCUT2D eigenvalue weighted by Gasteiger charge is 2.31. The molecule has 4 N–H and O–H groups in total. The Morgan fingerprint density at radius 2 is 2.00 bits per heavy atom. The normalized spacial score (nSPS) is 11.2. The van der Waals surface area contributed by atoms with Crippen molar-refractivity contribution in [3.05, 3.63) is 23.8 Å². The van der Waals surface area contributed by atoms with Gasteiger partial charge in [0.25, 0.3) is 0 Å². The number of rotatable bonds is 5. The number of benzene rings is 1. The highest BCUT2D eigenvalue weighted by molar-refractivity contribution is 5.95. The summed E-state index contributed by atoms with van der Waals surface area (Å²) in [6, 6.07) is 3.16. The molecule has 106 valence electrons. The van der Waals surface area contributed by atoms with Crippen LogP contribution >= 0.6 is 0 Å². The summed E-state index contributed by atoms with van der Waals surface area (Å²) in [6.07, 6.45) is -3.64. The highest BCUT2D eigenvalue weighted by Crippen LogP contribution is 2.34. The summed E-state index contributed by atoms with van der Waals surface area (Å²) in [4.78, 5) is 11.2. The van der Waals surface area contributed by atoms with Crippen LogP contribution in [0.2, 0.25) is 0 Å². The van der Waals surface area contributed by atoms with E-state index in [2.05, 4.69) is 10.6 Å². The predicted octanol–water partition coefficient (Wildman–Crippen LogP) is 2.42. The van der Waals surface area contributed by atoms with Crippen LogP contribution in [0.5, 0.6) is 0 Å². The average Bonchev–Trinajstić information content (AvgIpc) is 2.35. The third kappa shape index (κ3) is 4.44. The first-order valence-corrected chi connectivity index (χ1v) is 5.83. The van der Waals surface area contributed by atoms with E-state index in [4.69, 9.17) is 5.73 Å². The molecule has 4 nitrogen and oxygen atoms in total. The van der Waals surface area contributed by atoms with Crippen LogP contribution in [0, 0.1) is 0 Å². The Morgan fingerprint density at radius 1 is 1.32 bits per heavy atom. The summed E-state index contributed by atoms with van der Waals surface area (Å²) < 4.78 is 37.8. The molecule has 0 aliphatic rings. The van der Waals surface area contributed by atoms with Crippen molar-refractivity contribution in [3.63, 3.8) is 0 Å². The Labute approximate surface area is 109 Å². The zero-order valence-corrected chi connectivity index (χ0v) is 10.5. The molecule has 0 fully saturated rings. The summed E-state index contributed by atoms with van der Waals surface area (Å²) in [7, 11) is 0. The van der Waals surface area contributed by atoms with Gasteiger partial charge in [0, 0.05) is 6.54 Å². The lowest BCUT2D eigenvalue weighted by Crippen LogP contribution is -2.23. The number of hydrogen-bond donors (Lipinski definition) is 3. The molecule has 1 aromatic carbocycles. The van der Waals surface area contributed by atoms with Gasteiger partial charge in [0.2, 0.25) is 5.91 Å². The van der Waals surface area contributed by atoms with E-state index in [1.807, 2.05) is 6.92 Å². The van der Waals surface area contributed by atoms with Crippen molar-refractivity contribution in [1.29, 1.82) is 0 Å². The minimum atomic E-state index is -4.45. The lowest BCUT2D eigenvalue weighted by molar-refractivity contribution is -0.137. The molecule has 0 bridgehead atoms. The molecule has 0 spiro atoms. The van der Waals surface area contributed by atoms with E-state index in [0.717, 1.165) is 18.6 Å². The summed E-state index contributed by atoms with van der Waals surface area (Å²) in [5, 5.41) is 5.30. The van der Waals surface area contributed by atoms with Crippen LogP contribution in [-0.4, -0.2) is 19.0 Å². The Hall–Kier alpha value is -1.76. The van der Waals surface area contributed by atoms with Gasteiger partial charge in [-0.2, -0.15) is 13.2 Å². The Bertz CT molecular complexity index is 446. The van der Waals surface area contributed by atoms with Crippen LogP contribution < -0.4 is 16.4 Å². The highest BCUT2D eigenvalue weighted by atomic mass is 19.4. The van der Waals surface area contributed by atoms with Crippen LogP contribution in [0.4, 0.5) is 24.5 Å². The summed E-state index contributed by atoms with van der Waals surface area (Å²) in [5.41, 5.74) is 4.85. The van der Waals surface area contributed by atoms with E-state index in [1.54, 1.807) is 0 Å². The molecule has 0 saturated carbocycles. The monoisotopic (exact) mass is 275 g/mol. The van der Waals surface area contributed by atoms with Gasteiger partial charge in [0.05, 0.1) is 23.5 Å². The molecule has 0 saturated heterocycles. The van der Waals surface area contributed by atoms with Gasteiger partial charge in [0.15, 0.2) is 0 Å². The standard InChI is InChI=1S/C12H16F3N3O/c1-2-5-17-9-4-3-8(12(13,14)15)6-10(9)18-11(19)7-16/h3-4,6,17H,2,5,7,16H2,1H3,(H,18,19). The number of hydrogen-bond acceptors (Lipinski definition) is 3. The topological polar surface area (TPSA) is 67.1 Å². The minimum Gasteiger partial charge on any atom is -0.383 e. The molecule has 19 heavy (non-hydrogen) atoms. The van der Waals surface area contributed by atoms with Crippen molar-refractivity contribution < 1.29 is 18.0 Å². The van der Waals surface area contributed by atoms with E-state index in [0.29, 0.717) is 12.2 Å². The van der Waals surface area contributed by atoms with Crippen molar-refractivity contribution in [2.45, 2.75) is 19.5 Å². The molecule has 1 amide bonds. The van der Waals surface area contributed by atoms with Gasteiger partial charge in [-0.25, -0.2) is 0 Å². The molecule has 0 aromatic heterocycles. The smallest absolute Gasteiger partial charge is 0.383 e. The van der Waals surface area contributed by atoms with E-state index >= 15 is 0 Å². The molecule has 0 aliphatic carbocycles. The van der Waals surface area contributed by atoms with Gasteiger partial charge in [-0.05, 0) is 24.6 Å². The second-order valence-electron chi connectivity index (χ2n) is 3.94. The molecule has 0 heterocycles. The lowest BCUT2D eigenvalue weighted by atomic mass is 10.1. The summed E-state index contributed by atoms with van der Waals surface area (Å²) in [5.74, 6) is -0.543. The van der Waals surface area contributed by atoms with Crippen LogP contribution in [0.3, 0.4) is 0 Å². The zero-order chi connectivity index (χ0) is 14.5. The number of nitrogens with two attached hydrogens (primary N) is 1. The van der Waals surface area contributed by atoms with Crippen molar-refractivity contribution in [3.8, 4) is 0 Å². The summed E-state index contributed by atoms with van der Waals surface area (Å²) in [6.45, 7) is 2.23. The van der Waals surface area contributed by atoms with Gasteiger partial charge >= 0.3 is 6.18 Å². The average molecular weight is 275 g/mol. The van der Waals surface area contributed by atoms with Crippen LogP contribution in [0.25, 0.3) is 0 Å². The minimum absolute atomic E-state index is 0.0822. The zero-order valence-electron chi connectivity index (χ0n) is 10.5. The van der Waals surface area contributed by atoms with E-state index < -0.39 is 17.6 Å². The third-order valence-electron chi connectivity index (χ3n) is 2.37. The maximum absolute atomic E-state index is 12.6. The van der Waals surface area contributed by atoms with Gasteiger partial charge in [-0.3, -0.25) is 4.79 Å². The number of carbonyl (C=O) groups excluding carboxylic acids is 1. The van der Waals surface area contributed by atoms with Crippen molar-refractivity contribution in [1.82, 2.24) is 0 Å². The van der Waals surface area contributed by atoms with Gasteiger partial charge in [-0.1, -0.05) is 6.92 Å². The SMILES string of the molecule is CCCNc1ccc(C(F)(F)F)cc1NC(=O)CN. The first-order chi connectivity index (χ1) is 8.88. The number of halogens is 3. The second-order valence-corrected chi connectivity index (χ2v) is 3.94. The molecule has 0 aliphatic heterocycles. The predicted molar refractivity (Wildman–Crippen MR) is 67.9 cm³/mol. The number of amides is 1. The Balaban J connectivity index is 3.07.